The number of hydrogen-bond acceptors (Lipinski definition) is 5. The highest BCUT2D eigenvalue weighted by Crippen LogP contribution is 2.35. The van der Waals surface area contributed by atoms with E-state index in [-0.39, 0.29) is 16.3 Å². The number of aromatic carboxylic acids is 1. The van der Waals surface area contributed by atoms with E-state index < -0.39 is 10.9 Å². The maximum absolute atomic E-state index is 10.9. The van der Waals surface area contributed by atoms with Crippen LogP contribution in [0, 0.1) is 17.0 Å². The quantitative estimate of drug-likeness (QED) is 0.683. The van der Waals surface area contributed by atoms with E-state index in [1.165, 1.54) is 24.3 Å². The minimum Gasteiger partial charge on any atom is -0.477 e. The number of thiophene rings is 1. The molecule has 2 rings (SSSR count). The Labute approximate surface area is 112 Å². The summed E-state index contributed by atoms with van der Waals surface area (Å²) in [4.78, 5) is 21.2. The molecule has 2 aromatic rings. The molecule has 0 unspecified atom stereocenters. The molecule has 0 aliphatic carbocycles. The van der Waals surface area contributed by atoms with Crippen LogP contribution >= 0.6 is 11.3 Å². The van der Waals surface area contributed by atoms with E-state index in [1.807, 2.05) is 0 Å². The van der Waals surface area contributed by atoms with E-state index in [9.17, 15) is 14.9 Å². The third-order valence-electron chi connectivity index (χ3n) is 2.31. The van der Waals surface area contributed by atoms with Crippen molar-refractivity contribution in [2.24, 2.45) is 0 Å². The summed E-state index contributed by atoms with van der Waals surface area (Å²) in [5, 5.41) is 20.0. The number of carbonyl (C=O) groups is 1. The summed E-state index contributed by atoms with van der Waals surface area (Å²) in [5.74, 6) is -0.965. The van der Waals surface area contributed by atoms with Crippen LogP contribution < -0.4 is 4.74 Å². The highest BCUT2D eigenvalue weighted by molar-refractivity contribution is 7.15. The van der Waals surface area contributed by atoms with Gasteiger partial charge >= 0.3 is 11.7 Å². The minimum absolute atomic E-state index is 0.0920. The summed E-state index contributed by atoms with van der Waals surface area (Å²) in [7, 11) is 0. The van der Waals surface area contributed by atoms with Gasteiger partial charge in [0.25, 0.3) is 0 Å². The molecule has 0 atom stereocenters. The molecule has 19 heavy (non-hydrogen) atoms. The molecule has 0 radical (unpaired) electrons. The third kappa shape index (κ3) is 2.89. The molecule has 0 saturated carbocycles. The van der Waals surface area contributed by atoms with Crippen molar-refractivity contribution in [2.75, 3.05) is 0 Å². The number of benzene rings is 1. The summed E-state index contributed by atoms with van der Waals surface area (Å²) in [5.41, 5.74) is 0.599. The highest BCUT2D eigenvalue weighted by Gasteiger charge is 2.17. The van der Waals surface area contributed by atoms with Gasteiger partial charge in [-0.25, -0.2) is 4.79 Å². The minimum atomic E-state index is -1.06. The Morgan fingerprint density at radius 1 is 1.37 bits per heavy atom. The number of nitro benzene ring substituents is 1. The van der Waals surface area contributed by atoms with E-state index >= 15 is 0 Å². The lowest BCUT2D eigenvalue weighted by atomic mass is 10.2. The van der Waals surface area contributed by atoms with Crippen molar-refractivity contribution in [1.29, 1.82) is 0 Å². The Hall–Kier alpha value is -2.41. The summed E-state index contributed by atoms with van der Waals surface area (Å²) in [6.45, 7) is 1.74. The monoisotopic (exact) mass is 279 g/mol. The van der Waals surface area contributed by atoms with Gasteiger partial charge in [0.15, 0.2) is 5.06 Å². The number of hydrogen-bond donors (Lipinski definition) is 1. The summed E-state index contributed by atoms with van der Waals surface area (Å²) >= 11 is 0.916. The van der Waals surface area contributed by atoms with Crippen molar-refractivity contribution in [3.63, 3.8) is 0 Å². The smallest absolute Gasteiger partial charge is 0.345 e. The number of nitrogens with zero attached hydrogens (tertiary/aromatic N) is 1. The van der Waals surface area contributed by atoms with E-state index in [0.29, 0.717) is 5.06 Å². The predicted octanol–water partition coefficient (Wildman–Crippen LogP) is 3.46. The number of ether oxygens (including phenoxy) is 1. The third-order valence-corrected chi connectivity index (χ3v) is 3.27. The fourth-order valence-corrected chi connectivity index (χ4v) is 2.16. The molecule has 0 spiro atoms. The molecule has 7 heteroatoms. The zero-order chi connectivity index (χ0) is 14.0. The van der Waals surface area contributed by atoms with Crippen LogP contribution in [0.5, 0.6) is 10.8 Å². The number of aryl methyl sites for hydroxylation is 1. The van der Waals surface area contributed by atoms with Gasteiger partial charge in [-0.1, -0.05) is 17.4 Å². The zero-order valence-electron chi connectivity index (χ0n) is 9.82. The lowest BCUT2D eigenvalue weighted by molar-refractivity contribution is -0.385. The first-order chi connectivity index (χ1) is 8.97. The van der Waals surface area contributed by atoms with Crippen molar-refractivity contribution in [3.8, 4) is 10.8 Å². The molecular weight excluding hydrogens is 270 g/mol. The molecule has 0 amide bonds. The number of rotatable bonds is 4. The van der Waals surface area contributed by atoms with Gasteiger partial charge in [-0.15, -0.1) is 0 Å². The maximum atomic E-state index is 10.9. The molecule has 6 nitrogen and oxygen atoms in total. The average molecular weight is 279 g/mol. The molecule has 1 aromatic carbocycles. The van der Waals surface area contributed by atoms with E-state index in [2.05, 4.69) is 0 Å². The normalized spacial score (nSPS) is 10.2. The molecular formula is C12H9NO5S. The van der Waals surface area contributed by atoms with Crippen molar-refractivity contribution in [3.05, 3.63) is 50.9 Å². The lowest BCUT2D eigenvalue weighted by Crippen LogP contribution is -1.93. The molecule has 0 aliphatic rings. The molecule has 0 saturated heterocycles. The zero-order valence-corrected chi connectivity index (χ0v) is 10.6. The molecule has 1 heterocycles. The summed E-state index contributed by atoms with van der Waals surface area (Å²) in [6, 6.07) is 7.45. The van der Waals surface area contributed by atoms with Crippen molar-refractivity contribution in [2.45, 2.75) is 6.92 Å². The Morgan fingerprint density at radius 3 is 2.68 bits per heavy atom. The Kier molecular flexibility index (Phi) is 3.48. The van der Waals surface area contributed by atoms with Crippen LogP contribution in [0.25, 0.3) is 0 Å². The fraction of sp³-hybridized carbons (Fsp3) is 0.0833. The predicted molar refractivity (Wildman–Crippen MR) is 69.2 cm³/mol. The van der Waals surface area contributed by atoms with Gasteiger partial charge in [-0.2, -0.15) is 0 Å². The number of carboxylic acid groups (broad SMARTS) is 1. The van der Waals surface area contributed by atoms with E-state index in [0.717, 1.165) is 16.9 Å². The van der Waals surface area contributed by atoms with Gasteiger partial charge < -0.3 is 9.84 Å². The molecule has 1 N–H and O–H groups in total. The maximum Gasteiger partial charge on any atom is 0.345 e. The molecule has 0 aliphatic heterocycles. The van der Waals surface area contributed by atoms with Crippen molar-refractivity contribution in [1.82, 2.24) is 0 Å². The second-order valence-corrected chi connectivity index (χ2v) is 4.80. The van der Waals surface area contributed by atoms with Crippen LogP contribution in [0.4, 0.5) is 5.69 Å². The van der Waals surface area contributed by atoms with E-state index in [1.54, 1.807) is 13.0 Å². The van der Waals surface area contributed by atoms with Crippen LogP contribution in [0.15, 0.2) is 30.3 Å². The van der Waals surface area contributed by atoms with Gasteiger partial charge in [0.05, 0.1) is 4.92 Å². The molecule has 0 fully saturated rings. The van der Waals surface area contributed by atoms with E-state index in [4.69, 9.17) is 9.84 Å². The Morgan fingerprint density at radius 2 is 2.11 bits per heavy atom. The van der Waals surface area contributed by atoms with Gasteiger partial charge in [-0.3, -0.25) is 10.1 Å². The lowest BCUT2D eigenvalue weighted by Gasteiger charge is -2.04. The molecule has 1 aromatic heterocycles. The van der Waals surface area contributed by atoms with Crippen LogP contribution in [0.2, 0.25) is 0 Å². The van der Waals surface area contributed by atoms with Crippen LogP contribution in [0.1, 0.15) is 15.2 Å². The first-order valence-electron chi connectivity index (χ1n) is 5.23. The van der Waals surface area contributed by atoms with Gasteiger partial charge in [-0.05, 0) is 30.7 Å². The van der Waals surface area contributed by atoms with Crippen molar-refractivity contribution >= 4 is 23.0 Å². The van der Waals surface area contributed by atoms with Gasteiger partial charge in [0.1, 0.15) is 4.88 Å². The molecule has 0 bridgehead atoms. The summed E-state index contributed by atoms with van der Waals surface area (Å²) in [6.07, 6.45) is 0. The SMILES string of the molecule is Cc1ccc(Oc2ccc(C(=O)O)s2)c([N+](=O)[O-])c1. The molecule has 98 valence electrons. The Bertz CT molecular complexity index is 649. The summed E-state index contributed by atoms with van der Waals surface area (Å²) < 4.78 is 5.37. The van der Waals surface area contributed by atoms with Gasteiger partial charge in [0.2, 0.25) is 5.75 Å². The largest absolute Gasteiger partial charge is 0.477 e. The topological polar surface area (TPSA) is 89.7 Å². The Balaban J connectivity index is 2.32. The first-order valence-corrected chi connectivity index (χ1v) is 6.05. The van der Waals surface area contributed by atoms with Crippen LogP contribution in [-0.4, -0.2) is 16.0 Å². The first kappa shape index (κ1) is 13.0. The highest BCUT2D eigenvalue weighted by atomic mass is 32.1. The van der Waals surface area contributed by atoms with Crippen LogP contribution in [-0.2, 0) is 0 Å². The van der Waals surface area contributed by atoms with Crippen molar-refractivity contribution < 1.29 is 19.6 Å². The number of nitro groups is 1. The standard InChI is InChI=1S/C12H9NO5S/c1-7-2-3-9(8(6-7)13(16)17)18-11-5-4-10(19-11)12(14)15/h2-6H,1H3,(H,14,15). The second kappa shape index (κ2) is 5.07. The van der Waals surface area contributed by atoms with Gasteiger partial charge in [0, 0.05) is 6.07 Å². The van der Waals surface area contributed by atoms with Crippen LogP contribution in [0.3, 0.4) is 0 Å². The second-order valence-electron chi connectivity index (χ2n) is 3.75. The average Bonchev–Trinajstić information content (AvgIpc) is 2.80. The number of carboxylic acids is 1. The fourth-order valence-electron chi connectivity index (χ4n) is 1.45.